The number of furan rings is 1. The lowest BCUT2D eigenvalue weighted by Crippen LogP contribution is -2.39. The molecule has 0 unspecified atom stereocenters. The van der Waals surface area contributed by atoms with E-state index in [9.17, 15) is 9.59 Å². The van der Waals surface area contributed by atoms with Gasteiger partial charge in [-0.3, -0.25) is 9.59 Å². The van der Waals surface area contributed by atoms with Gasteiger partial charge in [0.1, 0.15) is 11.3 Å². The Morgan fingerprint density at radius 3 is 2.70 bits per heavy atom. The average molecular weight is 319 g/mol. The van der Waals surface area contributed by atoms with E-state index in [1.54, 1.807) is 25.3 Å². The van der Waals surface area contributed by atoms with Crippen LogP contribution in [0.1, 0.15) is 10.6 Å². The number of hydrogen-bond acceptors (Lipinski definition) is 5. The molecule has 0 atom stereocenters. The van der Waals surface area contributed by atoms with E-state index in [1.807, 2.05) is 25.1 Å². The monoisotopic (exact) mass is 319 g/mol. The molecular formula is C16H21N3O4. The van der Waals surface area contributed by atoms with Crippen LogP contribution in [-0.2, 0) is 4.79 Å². The number of rotatable bonds is 7. The average Bonchev–Trinajstić information content (AvgIpc) is 2.95. The minimum absolute atomic E-state index is 0.0906. The molecular weight excluding hydrogens is 298 g/mol. The number of carbonyl (C=O) groups is 2. The van der Waals surface area contributed by atoms with Crippen LogP contribution in [0.3, 0.4) is 0 Å². The molecule has 0 bridgehead atoms. The largest absolute Gasteiger partial charge is 0.497 e. The second-order valence-corrected chi connectivity index (χ2v) is 5.35. The maximum absolute atomic E-state index is 12.0. The van der Waals surface area contributed by atoms with E-state index in [-0.39, 0.29) is 18.2 Å². The zero-order valence-electron chi connectivity index (χ0n) is 13.5. The summed E-state index contributed by atoms with van der Waals surface area (Å²) in [5.74, 6) is 0.148. The molecule has 1 aromatic carbocycles. The minimum Gasteiger partial charge on any atom is -0.497 e. The van der Waals surface area contributed by atoms with Gasteiger partial charge in [-0.1, -0.05) is 0 Å². The van der Waals surface area contributed by atoms with Gasteiger partial charge in [-0.2, -0.15) is 0 Å². The molecule has 2 aromatic rings. The van der Waals surface area contributed by atoms with E-state index < -0.39 is 5.91 Å². The first kappa shape index (κ1) is 16.8. The second-order valence-electron chi connectivity index (χ2n) is 5.35. The highest BCUT2D eigenvalue weighted by molar-refractivity contribution is 5.97. The number of nitrogens with one attached hydrogen (secondary N) is 2. The van der Waals surface area contributed by atoms with Gasteiger partial charge in [0.25, 0.3) is 5.91 Å². The van der Waals surface area contributed by atoms with Crippen molar-refractivity contribution in [2.45, 2.75) is 0 Å². The molecule has 0 spiro atoms. The highest BCUT2D eigenvalue weighted by Gasteiger charge is 2.13. The number of amides is 2. The van der Waals surface area contributed by atoms with E-state index in [2.05, 4.69) is 10.6 Å². The van der Waals surface area contributed by atoms with Gasteiger partial charge in [-0.05, 0) is 32.3 Å². The van der Waals surface area contributed by atoms with Crippen molar-refractivity contribution in [1.82, 2.24) is 15.5 Å². The van der Waals surface area contributed by atoms with Crippen molar-refractivity contribution in [2.24, 2.45) is 0 Å². The third-order valence-electron chi connectivity index (χ3n) is 3.24. The lowest BCUT2D eigenvalue weighted by Gasteiger charge is -2.10. The molecule has 2 amide bonds. The number of likely N-dealkylation sites (N-methyl/N-ethyl adjacent to an activating group) is 1. The van der Waals surface area contributed by atoms with Crippen molar-refractivity contribution in [3.8, 4) is 5.75 Å². The zero-order chi connectivity index (χ0) is 16.8. The molecule has 0 radical (unpaired) electrons. The summed E-state index contributed by atoms with van der Waals surface area (Å²) in [6.07, 6.45) is 0. The van der Waals surface area contributed by atoms with Gasteiger partial charge in [0, 0.05) is 24.5 Å². The smallest absolute Gasteiger partial charge is 0.287 e. The fourth-order valence-electron chi connectivity index (χ4n) is 1.98. The molecule has 0 saturated carbocycles. The first-order chi connectivity index (χ1) is 11.0. The van der Waals surface area contributed by atoms with Crippen LogP contribution in [0.4, 0.5) is 0 Å². The fraction of sp³-hybridized carbons (Fsp3) is 0.375. The predicted molar refractivity (Wildman–Crippen MR) is 86.7 cm³/mol. The van der Waals surface area contributed by atoms with Gasteiger partial charge in [0.05, 0.1) is 13.7 Å². The number of ether oxygens (including phenoxy) is 1. The molecule has 0 fully saturated rings. The van der Waals surface area contributed by atoms with Gasteiger partial charge in [0.2, 0.25) is 5.91 Å². The van der Waals surface area contributed by atoms with Crippen molar-refractivity contribution in [2.75, 3.05) is 40.8 Å². The summed E-state index contributed by atoms with van der Waals surface area (Å²) in [6, 6.07) is 6.94. The Bertz CT molecular complexity index is 694. The summed E-state index contributed by atoms with van der Waals surface area (Å²) in [5.41, 5.74) is 0.560. The third kappa shape index (κ3) is 4.72. The highest BCUT2D eigenvalue weighted by Crippen LogP contribution is 2.24. The Labute approximate surface area is 134 Å². The van der Waals surface area contributed by atoms with Crippen LogP contribution in [0, 0.1) is 0 Å². The van der Waals surface area contributed by atoms with Gasteiger partial charge in [-0.15, -0.1) is 0 Å². The van der Waals surface area contributed by atoms with E-state index in [1.165, 1.54) is 0 Å². The third-order valence-corrected chi connectivity index (χ3v) is 3.24. The molecule has 0 saturated heterocycles. The lowest BCUT2D eigenvalue weighted by atomic mass is 10.2. The molecule has 23 heavy (non-hydrogen) atoms. The molecule has 2 N–H and O–H groups in total. The Morgan fingerprint density at radius 2 is 2.00 bits per heavy atom. The summed E-state index contributed by atoms with van der Waals surface area (Å²) in [6.45, 7) is 1.18. The Morgan fingerprint density at radius 1 is 1.22 bits per heavy atom. The molecule has 0 aliphatic rings. The Balaban J connectivity index is 1.89. The summed E-state index contributed by atoms with van der Waals surface area (Å²) in [4.78, 5) is 25.6. The Hall–Kier alpha value is -2.54. The molecule has 0 aliphatic heterocycles. The van der Waals surface area contributed by atoms with Gasteiger partial charge < -0.3 is 24.7 Å². The van der Waals surface area contributed by atoms with Gasteiger partial charge in [0.15, 0.2) is 5.76 Å². The van der Waals surface area contributed by atoms with Crippen LogP contribution in [0.2, 0.25) is 0 Å². The van der Waals surface area contributed by atoms with Crippen LogP contribution in [0.5, 0.6) is 5.75 Å². The topological polar surface area (TPSA) is 83.8 Å². The summed E-state index contributed by atoms with van der Waals surface area (Å²) >= 11 is 0. The maximum atomic E-state index is 12.0. The van der Waals surface area contributed by atoms with Crippen molar-refractivity contribution in [3.63, 3.8) is 0 Å². The number of benzene rings is 1. The molecule has 0 aliphatic carbocycles. The Kier molecular flexibility index (Phi) is 5.59. The molecule has 7 heteroatoms. The first-order valence-corrected chi connectivity index (χ1v) is 7.27. The zero-order valence-corrected chi connectivity index (χ0v) is 13.5. The number of nitrogens with zero attached hydrogens (tertiary/aromatic N) is 1. The van der Waals surface area contributed by atoms with E-state index in [0.29, 0.717) is 17.9 Å². The maximum Gasteiger partial charge on any atom is 0.287 e. The van der Waals surface area contributed by atoms with Crippen LogP contribution >= 0.6 is 0 Å². The lowest BCUT2D eigenvalue weighted by molar-refractivity contribution is -0.120. The first-order valence-electron chi connectivity index (χ1n) is 7.27. The molecule has 2 rings (SSSR count). The number of fused-ring (bicyclic) bond motifs is 1. The summed E-state index contributed by atoms with van der Waals surface area (Å²) in [5, 5.41) is 6.05. The highest BCUT2D eigenvalue weighted by atomic mass is 16.5. The molecule has 1 heterocycles. The van der Waals surface area contributed by atoms with Gasteiger partial charge in [-0.25, -0.2) is 0 Å². The van der Waals surface area contributed by atoms with Gasteiger partial charge >= 0.3 is 0 Å². The number of carbonyl (C=O) groups excluding carboxylic acids is 2. The fourth-order valence-corrected chi connectivity index (χ4v) is 1.98. The second kappa shape index (κ2) is 7.64. The normalized spacial score (nSPS) is 10.8. The molecule has 1 aromatic heterocycles. The minimum atomic E-state index is -0.428. The predicted octanol–water partition coefficient (Wildman–Crippen LogP) is 0.849. The quantitative estimate of drug-likeness (QED) is 0.790. The standard InChI is InChI=1S/C16H21N3O4/c1-19(2)7-6-17-15(20)10-18-16(21)14-8-11-4-5-12(22-3)9-13(11)23-14/h4-5,8-9H,6-7,10H2,1-3H3,(H,17,20)(H,18,21). The van der Waals surface area contributed by atoms with E-state index in [4.69, 9.17) is 9.15 Å². The van der Waals surface area contributed by atoms with Crippen LogP contribution in [0.25, 0.3) is 11.0 Å². The molecule has 7 nitrogen and oxygen atoms in total. The van der Waals surface area contributed by atoms with Crippen molar-refractivity contribution < 1.29 is 18.7 Å². The summed E-state index contributed by atoms with van der Waals surface area (Å²) < 4.78 is 10.6. The number of hydrogen-bond donors (Lipinski definition) is 2. The van der Waals surface area contributed by atoms with E-state index in [0.717, 1.165) is 11.9 Å². The van der Waals surface area contributed by atoms with Crippen LogP contribution in [0.15, 0.2) is 28.7 Å². The van der Waals surface area contributed by atoms with E-state index >= 15 is 0 Å². The van der Waals surface area contributed by atoms with Crippen molar-refractivity contribution >= 4 is 22.8 Å². The summed E-state index contributed by atoms with van der Waals surface area (Å²) in [7, 11) is 5.40. The van der Waals surface area contributed by atoms with Crippen LogP contribution in [-0.4, -0.2) is 57.6 Å². The SMILES string of the molecule is COc1ccc2cc(C(=O)NCC(=O)NCCN(C)C)oc2c1. The number of methoxy groups -OCH3 is 1. The van der Waals surface area contributed by atoms with Crippen LogP contribution < -0.4 is 15.4 Å². The van der Waals surface area contributed by atoms with Crippen molar-refractivity contribution in [1.29, 1.82) is 0 Å². The van der Waals surface area contributed by atoms with Crippen molar-refractivity contribution in [3.05, 3.63) is 30.0 Å². The molecule has 124 valence electrons.